The zero-order valence-corrected chi connectivity index (χ0v) is 11.4. The van der Waals surface area contributed by atoms with Crippen LogP contribution in [0.4, 0.5) is 0 Å². The SMILES string of the molecule is Cn1c(COc2ccccc2)nc2cc(CN)ccc21. The topological polar surface area (TPSA) is 53.1 Å². The van der Waals surface area contributed by atoms with Gasteiger partial charge in [0.05, 0.1) is 11.0 Å². The molecule has 1 aromatic heterocycles. The van der Waals surface area contributed by atoms with E-state index < -0.39 is 0 Å². The Morgan fingerprint density at radius 3 is 2.70 bits per heavy atom. The number of aryl methyl sites for hydroxylation is 1. The molecule has 0 spiro atoms. The quantitative estimate of drug-likeness (QED) is 0.790. The first kappa shape index (κ1) is 12.7. The minimum atomic E-state index is 0.452. The third kappa shape index (κ3) is 2.38. The van der Waals surface area contributed by atoms with Gasteiger partial charge in [-0.15, -0.1) is 0 Å². The van der Waals surface area contributed by atoms with Gasteiger partial charge in [0.15, 0.2) is 0 Å². The van der Waals surface area contributed by atoms with Gasteiger partial charge in [-0.05, 0) is 29.8 Å². The van der Waals surface area contributed by atoms with E-state index >= 15 is 0 Å². The molecule has 0 atom stereocenters. The van der Waals surface area contributed by atoms with E-state index in [0.717, 1.165) is 28.2 Å². The van der Waals surface area contributed by atoms with Crippen LogP contribution in [-0.2, 0) is 20.2 Å². The third-order valence-corrected chi connectivity index (χ3v) is 3.38. The third-order valence-electron chi connectivity index (χ3n) is 3.38. The van der Waals surface area contributed by atoms with E-state index in [1.54, 1.807) is 0 Å². The van der Waals surface area contributed by atoms with Gasteiger partial charge in [-0.25, -0.2) is 4.98 Å². The molecule has 0 saturated carbocycles. The van der Waals surface area contributed by atoms with Crippen LogP contribution >= 0.6 is 0 Å². The monoisotopic (exact) mass is 267 g/mol. The fourth-order valence-electron chi connectivity index (χ4n) is 2.22. The van der Waals surface area contributed by atoms with Crippen molar-refractivity contribution in [3.8, 4) is 5.75 Å². The number of aromatic nitrogens is 2. The first-order valence-corrected chi connectivity index (χ1v) is 6.60. The maximum Gasteiger partial charge on any atom is 0.147 e. The second-order valence-corrected chi connectivity index (χ2v) is 4.72. The van der Waals surface area contributed by atoms with Crippen molar-refractivity contribution in [2.75, 3.05) is 0 Å². The Morgan fingerprint density at radius 1 is 1.15 bits per heavy atom. The average molecular weight is 267 g/mol. The van der Waals surface area contributed by atoms with E-state index in [4.69, 9.17) is 10.5 Å². The number of para-hydroxylation sites is 1. The number of hydrogen-bond acceptors (Lipinski definition) is 3. The van der Waals surface area contributed by atoms with Gasteiger partial charge in [0, 0.05) is 13.6 Å². The summed E-state index contributed by atoms with van der Waals surface area (Å²) < 4.78 is 7.81. The molecule has 0 fully saturated rings. The minimum absolute atomic E-state index is 0.452. The van der Waals surface area contributed by atoms with Crippen LogP contribution in [0.1, 0.15) is 11.4 Å². The molecule has 0 bridgehead atoms. The van der Waals surface area contributed by atoms with Crippen LogP contribution in [0.25, 0.3) is 11.0 Å². The summed E-state index contributed by atoms with van der Waals surface area (Å²) in [6, 6.07) is 15.9. The number of nitrogens with zero attached hydrogens (tertiary/aromatic N) is 2. The summed E-state index contributed by atoms with van der Waals surface area (Å²) in [5.74, 6) is 1.75. The molecule has 2 aromatic carbocycles. The Bertz CT molecular complexity index is 719. The van der Waals surface area contributed by atoms with Crippen LogP contribution in [0.5, 0.6) is 5.75 Å². The first-order chi connectivity index (χ1) is 9.78. The van der Waals surface area contributed by atoms with Gasteiger partial charge in [-0.1, -0.05) is 24.3 Å². The van der Waals surface area contributed by atoms with Gasteiger partial charge in [-0.2, -0.15) is 0 Å². The number of ether oxygens (including phenoxy) is 1. The maximum absolute atomic E-state index is 5.75. The van der Waals surface area contributed by atoms with E-state index in [2.05, 4.69) is 15.6 Å². The van der Waals surface area contributed by atoms with Crippen LogP contribution in [0, 0.1) is 0 Å². The first-order valence-electron chi connectivity index (χ1n) is 6.60. The van der Waals surface area contributed by atoms with Crippen molar-refractivity contribution >= 4 is 11.0 Å². The number of fused-ring (bicyclic) bond motifs is 1. The summed E-state index contributed by atoms with van der Waals surface area (Å²) in [7, 11) is 2.00. The highest BCUT2D eigenvalue weighted by atomic mass is 16.5. The zero-order valence-electron chi connectivity index (χ0n) is 11.4. The molecule has 1 heterocycles. The predicted octanol–water partition coefficient (Wildman–Crippen LogP) is 2.61. The van der Waals surface area contributed by atoms with Crippen LogP contribution in [0.3, 0.4) is 0 Å². The molecule has 2 N–H and O–H groups in total. The summed E-state index contributed by atoms with van der Waals surface area (Å²) >= 11 is 0. The molecule has 102 valence electrons. The molecular formula is C16H17N3O. The predicted molar refractivity (Wildman–Crippen MR) is 79.4 cm³/mol. The van der Waals surface area contributed by atoms with Crippen LogP contribution < -0.4 is 10.5 Å². The molecule has 0 radical (unpaired) electrons. The number of rotatable bonds is 4. The maximum atomic E-state index is 5.75. The number of imidazole rings is 1. The fourth-order valence-corrected chi connectivity index (χ4v) is 2.22. The molecule has 0 aliphatic heterocycles. The fraction of sp³-hybridized carbons (Fsp3) is 0.188. The van der Waals surface area contributed by atoms with Crippen LogP contribution in [-0.4, -0.2) is 9.55 Å². The van der Waals surface area contributed by atoms with Crippen molar-refractivity contribution in [3.63, 3.8) is 0 Å². The van der Waals surface area contributed by atoms with E-state index in [0.29, 0.717) is 13.2 Å². The van der Waals surface area contributed by atoms with Gasteiger partial charge in [-0.3, -0.25) is 0 Å². The molecule has 4 heteroatoms. The molecule has 0 saturated heterocycles. The zero-order chi connectivity index (χ0) is 13.9. The highest BCUT2D eigenvalue weighted by Gasteiger charge is 2.08. The molecule has 0 amide bonds. The summed E-state index contributed by atoms with van der Waals surface area (Å²) in [6.45, 7) is 0.982. The Morgan fingerprint density at radius 2 is 1.95 bits per heavy atom. The van der Waals surface area contributed by atoms with Gasteiger partial charge in [0.2, 0.25) is 0 Å². The Labute approximate surface area is 117 Å². The van der Waals surface area contributed by atoms with E-state index in [-0.39, 0.29) is 0 Å². The Hall–Kier alpha value is -2.33. The summed E-state index contributed by atoms with van der Waals surface area (Å²) in [4.78, 5) is 4.62. The standard InChI is InChI=1S/C16H17N3O/c1-19-15-8-7-12(10-17)9-14(15)18-16(19)11-20-13-5-3-2-4-6-13/h2-9H,10-11,17H2,1H3. The largest absolute Gasteiger partial charge is 0.486 e. The van der Waals surface area contributed by atoms with Crippen LogP contribution in [0.15, 0.2) is 48.5 Å². The van der Waals surface area contributed by atoms with Crippen molar-refractivity contribution in [2.45, 2.75) is 13.2 Å². The normalized spacial score (nSPS) is 10.9. The highest BCUT2D eigenvalue weighted by molar-refractivity contribution is 5.76. The van der Waals surface area contributed by atoms with Gasteiger partial charge in [0.25, 0.3) is 0 Å². The van der Waals surface area contributed by atoms with Gasteiger partial charge in [0.1, 0.15) is 18.2 Å². The van der Waals surface area contributed by atoms with Gasteiger partial charge >= 0.3 is 0 Å². The van der Waals surface area contributed by atoms with Crippen molar-refractivity contribution < 1.29 is 4.74 Å². The molecule has 0 aliphatic carbocycles. The summed E-state index contributed by atoms with van der Waals surface area (Å²) in [6.07, 6.45) is 0. The molecule has 4 nitrogen and oxygen atoms in total. The lowest BCUT2D eigenvalue weighted by Gasteiger charge is -2.05. The highest BCUT2D eigenvalue weighted by Crippen LogP contribution is 2.18. The van der Waals surface area contributed by atoms with E-state index in [9.17, 15) is 0 Å². The lowest BCUT2D eigenvalue weighted by Crippen LogP contribution is -2.03. The van der Waals surface area contributed by atoms with Crippen molar-refractivity contribution in [1.29, 1.82) is 0 Å². The van der Waals surface area contributed by atoms with E-state index in [1.165, 1.54) is 0 Å². The van der Waals surface area contributed by atoms with Gasteiger partial charge < -0.3 is 15.0 Å². The lowest BCUT2D eigenvalue weighted by molar-refractivity contribution is 0.292. The number of hydrogen-bond donors (Lipinski definition) is 1. The summed E-state index contributed by atoms with van der Waals surface area (Å²) in [5, 5.41) is 0. The molecule has 20 heavy (non-hydrogen) atoms. The molecule has 3 rings (SSSR count). The van der Waals surface area contributed by atoms with Crippen molar-refractivity contribution in [2.24, 2.45) is 12.8 Å². The Balaban J connectivity index is 1.86. The lowest BCUT2D eigenvalue weighted by atomic mass is 10.2. The molecular weight excluding hydrogens is 250 g/mol. The number of benzene rings is 2. The van der Waals surface area contributed by atoms with Crippen LogP contribution in [0.2, 0.25) is 0 Å². The molecule has 0 unspecified atom stereocenters. The van der Waals surface area contributed by atoms with Crippen molar-refractivity contribution in [3.05, 3.63) is 59.9 Å². The molecule has 0 aliphatic rings. The Kier molecular flexibility index (Phi) is 3.39. The smallest absolute Gasteiger partial charge is 0.147 e. The minimum Gasteiger partial charge on any atom is -0.486 e. The second kappa shape index (κ2) is 5.35. The molecule has 3 aromatic rings. The summed E-state index contributed by atoms with van der Waals surface area (Å²) in [5.41, 5.74) is 8.80. The number of nitrogens with two attached hydrogens (primary N) is 1. The second-order valence-electron chi connectivity index (χ2n) is 4.72. The average Bonchev–Trinajstić information content (AvgIpc) is 2.82. The van der Waals surface area contributed by atoms with Crippen molar-refractivity contribution in [1.82, 2.24) is 9.55 Å². The van der Waals surface area contributed by atoms with E-state index in [1.807, 2.05) is 49.5 Å².